The molecule has 29 heavy (non-hydrogen) atoms. The van der Waals surface area contributed by atoms with E-state index in [1.54, 1.807) is 0 Å². The number of ether oxygens (including phenoxy) is 1. The van der Waals surface area contributed by atoms with Gasteiger partial charge in [-0.3, -0.25) is 0 Å². The van der Waals surface area contributed by atoms with Gasteiger partial charge in [-0.2, -0.15) is 0 Å². The second kappa shape index (κ2) is 8.73. The molecule has 0 bridgehead atoms. The summed E-state index contributed by atoms with van der Waals surface area (Å²) in [6.45, 7) is 3.11. The molecule has 0 amide bonds. The van der Waals surface area contributed by atoms with E-state index >= 15 is 0 Å². The molecule has 146 valence electrons. The largest absolute Gasteiger partial charge is 0.487 e. The Labute approximate surface area is 180 Å². The number of nitrogens with zero attached hydrogens (tertiary/aromatic N) is 1. The lowest BCUT2D eigenvalue weighted by Gasteiger charge is -2.14. The summed E-state index contributed by atoms with van der Waals surface area (Å²) >= 11 is 12.1. The third-order valence-electron chi connectivity index (χ3n) is 4.63. The van der Waals surface area contributed by atoms with Crippen molar-refractivity contribution in [3.05, 3.63) is 99.7 Å². The number of hydrogen-bond acceptors (Lipinski definition) is 3. The quantitative estimate of drug-likeness (QED) is 0.361. The summed E-state index contributed by atoms with van der Waals surface area (Å²) in [4.78, 5) is 4.73. The predicted molar refractivity (Wildman–Crippen MR) is 121 cm³/mol. The van der Waals surface area contributed by atoms with E-state index in [1.807, 2.05) is 79.7 Å². The van der Waals surface area contributed by atoms with Crippen molar-refractivity contribution < 1.29 is 4.74 Å². The van der Waals surface area contributed by atoms with Gasteiger partial charge in [0.05, 0.1) is 10.0 Å². The summed E-state index contributed by atoms with van der Waals surface area (Å²) < 4.78 is 6.08. The van der Waals surface area contributed by atoms with E-state index < -0.39 is 0 Å². The molecule has 0 saturated carbocycles. The Hall–Kier alpha value is -2.75. The monoisotopic (exact) mass is 422 g/mol. The fourth-order valence-corrected chi connectivity index (χ4v) is 3.52. The van der Waals surface area contributed by atoms with E-state index in [9.17, 15) is 0 Å². The first-order valence-corrected chi connectivity index (χ1v) is 10.1. The number of hydrogen-bond donors (Lipinski definition) is 1. The van der Waals surface area contributed by atoms with Crippen LogP contribution in [0.4, 0.5) is 5.69 Å². The molecule has 0 unspecified atom stereocenters. The number of nitrogens with one attached hydrogen (secondary N) is 1. The van der Waals surface area contributed by atoms with E-state index in [0.717, 1.165) is 39.2 Å². The Morgan fingerprint density at radius 3 is 2.48 bits per heavy atom. The van der Waals surface area contributed by atoms with Crippen LogP contribution in [0.2, 0.25) is 10.0 Å². The molecule has 0 radical (unpaired) electrons. The number of pyridine rings is 1. The summed E-state index contributed by atoms with van der Waals surface area (Å²) in [5, 5.41) is 5.62. The molecule has 0 spiro atoms. The number of anilines is 1. The van der Waals surface area contributed by atoms with Crippen LogP contribution in [0, 0.1) is 6.92 Å². The fraction of sp³-hybridized carbons (Fsp3) is 0.125. The van der Waals surface area contributed by atoms with Crippen LogP contribution in [0.1, 0.15) is 16.8 Å². The zero-order valence-electron chi connectivity index (χ0n) is 16.0. The molecule has 1 heterocycles. The molecule has 4 rings (SSSR count). The second-order valence-corrected chi connectivity index (χ2v) is 7.65. The Kier molecular flexibility index (Phi) is 5.89. The molecular formula is C24H20Cl2N2O. The lowest BCUT2D eigenvalue weighted by atomic mass is 10.1. The Morgan fingerprint density at radius 2 is 1.69 bits per heavy atom. The zero-order chi connectivity index (χ0) is 20.2. The number of aryl methyl sites for hydroxylation is 1. The number of rotatable bonds is 6. The molecule has 0 fully saturated rings. The maximum Gasteiger partial charge on any atom is 0.146 e. The van der Waals surface area contributed by atoms with Crippen LogP contribution in [0.15, 0.2) is 72.8 Å². The van der Waals surface area contributed by atoms with Gasteiger partial charge < -0.3 is 10.1 Å². The van der Waals surface area contributed by atoms with Crippen molar-refractivity contribution in [2.75, 3.05) is 5.32 Å². The minimum atomic E-state index is 0.502. The van der Waals surface area contributed by atoms with Gasteiger partial charge in [0.25, 0.3) is 0 Å². The molecule has 3 aromatic carbocycles. The Balaban J connectivity index is 1.60. The molecule has 4 aromatic rings. The van der Waals surface area contributed by atoms with Crippen LogP contribution in [0.25, 0.3) is 10.9 Å². The molecule has 5 heteroatoms. The van der Waals surface area contributed by atoms with Crippen molar-refractivity contribution in [2.45, 2.75) is 20.1 Å². The Bertz CT molecular complexity index is 1150. The molecule has 0 aliphatic heterocycles. The predicted octanol–water partition coefficient (Wildman–Crippen LogP) is 7.04. The first-order chi connectivity index (χ1) is 14.1. The van der Waals surface area contributed by atoms with Crippen molar-refractivity contribution in [3.63, 3.8) is 0 Å². The first-order valence-electron chi connectivity index (χ1n) is 9.35. The smallest absolute Gasteiger partial charge is 0.146 e. The van der Waals surface area contributed by atoms with Gasteiger partial charge in [0.1, 0.15) is 17.9 Å². The van der Waals surface area contributed by atoms with Gasteiger partial charge >= 0.3 is 0 Å². The van der Waals surface area contributed by atoms with Crippen LogP contribution in [0.5, 0.6) is 5.75 Å². The van der Waals surface area contributed by atoms with Gasteiger partial charge in [0.2, 0.25) is 0 Å². The molecule has 0 aliphatic carbocycles. The van der Waals surface area contributed by atoms with Crippen molar-refractivity contribution >= 4 is 39.8 Å². The van der Waals surface area contributed by atoms with Gasteiger partial charge in [-0.25, -0.2) is 4.98 Å². The van der Waals surface area contributed by atoms with Gasteiger partial charge in [-0.05, 0) is 42.3 Å². The highest BCUT2D eigenvalue weighted by Crippen LogP contribution is 2.31. The molecule has 1 aromatic heterocycles. The summed E-state index contributed by atoms with van der Waals surface area (Å²) in [6.07, 6.45) is 0. The lowest BCUT2D eigenvalue weighted by Crippen LogP contribution is -2.03. The van der Waals surface area contributed by atoms with Crippen LogP contribution < -0.4 is 10.1 Å². The van der Waals surface area contributed by atoms with Crippen LogP contribution in [0.3, 0.4) is 0 Å². The summed E-state index contributed by atoms with van der Waals surface area (Å²) in [5.41, 5.74) is 4.95. The number of benzene rings is 3. The third-order valence-corrected chi connectivity index (χ3v) is 5.37. The van der Waals surface area contributed by atoms with E-state index in [4.69, 9.17) is 32.9 Å². The molecule has 1 N–H and O–H groups in total. The van der Waals surface area contributed by atoms with Crippen molar-refractivity contribution in [3.8, 4) is 5.75 Å². The fourth-order valence-electron chi connectivity index (χ4n) is 3.20. The maximum atomic E-state index is 6.14. The van der Waals surface area contributed by atoms with Crippen molar-refractivity contribution in [2.24, 2.45) is 0 Å². The zero-order valence-corrected chi connectivity index (χ0v) is 17.5. The topological polar surface area (TPSA) is 34.1 Å². The average molecular weight is 423 g/mol. The molecule has 0 atom stereocenters. The number of fused-ring (bicyclic) bond motifs is 1. The van der Waals surface area contributed by atoms with Crippen molar-refractivity contribution in [1.82, 2.24) is 4.98 Å². The van der Waals surface area contributed by atoms with Crippen LogP contribution in [-0.4, -0.2) is 4.98 Å². The first kappa shape index (κ1) is 19.6. The highest BCUT2D eigenvalue weighted by molar-refractivity contribution is 6.42. The number of para-hydroxylation sites is 1. The van der Waals surface area contributed by atoms with Gasteiger partial charge in [-0.15, -0.1) is 0 Å². The summed E-state index contributed by atoms with van der Waals surface area (Å²) in [5.74, 6) is 0.771. The van der Waals surface area contributed by atoms with E-state index in [-0.39, 0.29) is 0 Å². The summed E-state index contributed by atoms with van der Waals surface area (Å²) in [7, 11) is 0. The minimum Gasteiger partial charge on any atom is -0.487 e. The van der Waals surface area contributed by atoms with Crippen molar-refractivity contribution in [1.29, 1.82) is 0 Å². The SMILES string of the molecule is Cc1cc(NCc2ccc(Cl)c(Cl)c2)c2cccc(OCc3ccccc3)c2n1. The van der Waals surface area contributed by atoms with E-state index in [1.165, 1.54) is 0 Å². The van der Waals surface area contributed by atoms with Gasteiger partial charge in [0.15, 0.2) is 0 Å². The normalized spacial score (nSPS) is 10.9. The maximum absolute atomic E-state index is 6.14. The minimum absolute atomic E-state index is 0.502. The van der Waals surface area contributed by atoms with E-state index in [0.29, 0.717) is 23.2 Å². The number of aromatic nitrogens is 1. The molecule has 0 saturated heterocycles. The lowest BCUT2D eigenvalue weighted by molar-refractivity contribution is 0.309. The van der Waals surface area contributed by atoms with Crippen LogP contribution >= 0.6 is 23.2 Å². The summed E-state index contributed by atoms with van der Waals surface area (Å²) in [6, 6.07) is 23.8. The molecule has 0 aliphatic rings. The van der Waals surface area contributed by atoms with Gasteiger partial charge in [-0.1, -0.05) is 71.7 Å². The second-order valence-electron chi connectivity index (χ2n) is 6.84. The standard InChI is InChI=1S/C24H20Cl2N2O/c1-16-12-22(27-14-18-10-11-20(25)21(26)13-18)19-8-5-9-23(24(19)28-16)29-15-17-6-3-2-4-7-17/h2-13H,14-15H2,1H3,(H,27,28). The highest BCUT2D eigenvalue weighted by atomic mass is 35.5. The Morgan fingerprint density at radius 1 is 0.862 bits per heavy atom. The van der Waals surface area contributed by atoms with Crippen LogP contribution in [-0.2, 0) is 13.2 Å². The average Bonchev–Trinajstić information content (AvgIpc) is 2.73. The number of halogens is 2. The molecular weight excluding hydrogens is 403 g/mol. The van der Waals surface area contributed by atoms with Gasteiger partial charge in [0, 0.05) is 23.3 Å². The highest BCUT2D eigenvalue weighted by Gasteiger charge is 2.10. The third kappa shape index (κ3) is 4.64. The van der Waals surface area contributed by atoms with E-state index in [2.05, 4.69) is 5.32 Å². The molecule has 3 nitrogen and oxygen atoms in total.